The van der Waals surface area contributed by atoms with Crippen molar-refractivity contribution < 1.29 is 9.84 Å². The number of unbranched alkanes of at least 4 members (excludes halogenated alkanes) is 1. The monoisotopic (exact) mass is 369 g/mol. The molecule has 0 amide bonds. The number of nitrogens with zero attached hydrogens (tertiary/aromatic N) is 3. The molecule has 0 spiro atoms. The predicted molar refractivity (Wildman–Crippen MR) is 107 cm³/mol. The predicted octanol–water partition coefficient (Wildman–Crippen LogP) is 2.76. The largest absolute Gasteiger partial charge is 0.496 e. The third-order valence-electron chi connectivity index (χ3n) is 4.59. The Morgan fingerprint density at radius 1 is 1.33 bits per heavy atom. The minimum Gasteiger partial charge on any atom is -0.496 e. The van der Waals surface area contributed by atoms with Gasteiger partial charge in [-0.1, -0.05) is 25.5 Å². The molecule has 1 aliphatic heterocycles. The number of aliphatic hydroxyl groups is 1. The molecule has 0 saturated heterocycles. The van der Waals surface area contributed by atoms with Crippen molar-refractivity contribution >= 4 is 17.8 Å². The molecule has 1 aromatic carbocycles. The van der Waals surface area contributed by atoms with Crippen LogP contribution in [0.5, 0.6) is 5.75 Å². The third-order valence-corrected chi connectivity index (χ3v) is 4.59. The van der Waals surface area contributed by atoms with Gasteiger partial charge in [-0.05, 0) is 24.1 Å². The number of aliphatic hydroxyl groups excluding tert-OH is 1. The Morgan fingerprint density at radius 3 is 2.93 bits per heavy atom. The van der Waals surface area contributed by atoms with E-state index in [2.05, 4.69) is 27.1 Å². The molecule has 0 radical (unpaired) electrons. The maximum absolute atomic E-state index is 9.31. The molecular formula is C20H27N5O2. The summed E-state index contributed by atoms with van der Waals surface area (Å²) in [6.07, 6.45) is 6.18. The van der Waals surface area contributed by atoms with Crippen LogP contribution in [0.2, 0.25) is 0 Å². The summed E-state index contributed by atoms with van der Waals surface area (Å²) >= 11 is 0. The highest BCUT2D eigenvalue weighted by atomic mass is 16.5. The Hall–Kier alpha value is -2.80. The number of ether oxygens (including phenoxy) is 1. The van der Waals surface area contributed by atoms with Crippen LogP contribution in [0.15, 0.2) is 24.4 Å². The number of nitrogen functional groups attached to an aromatic ring is 1. The van der Waals surface area contributed by atoms with Crippen molar-refractivity contribution in [3.05, 3.63) is 46.8 Å². The zero-order valence-corrected chi connectivity index (χ0v) is 15.9. The fourth-order valence-electron chi connectivity index (χ4n) is 3.12. The number of hydrogen-bond acceptors (Lipinski definition) is 7. The van der Waals surface area contributed by atoms with Crippen LogP contribution in [-0.2, 0) is 19.7 Å². The first-order valence-electron chi connectivity index (χ1n) is 9.23. The molecule has 0 fully saturated rings. The molecule has 3 rings (SSSR count). The molecule has 144 valence electrons. The molecule has 27 heavy (non-hydrogen) atoms. The molecule has 7 heteroatoms. The molecule has 1 aromatic heterocycles. The zero-order valence-electron chi connectivity index (χ0n) is 15.9. The minimum atomic E-state index is -0.000811. The minimum absolute atomic E-state index is 0.000811. The van der Waals surface area contributed by atoms with Gasteiger partial charge in [0, 0.05) is 37.0 Å². The van der Waals surface area contributed by atoms with E-state index >= 15 is 0 Å². The van der Waals surface area contributed by atoms with E-state index in [9.17, 15) is 5.11 Å². The Morgan fingerprint density at radius 2 is 2.19 bits per heavy atom. The number of anilines is 2. The topological polar surface area (TPSA) is 96.5 Å². The van der Waals surface area contributed by atoms with Crippen molar-refractivity contribution in [1.29, 1.82) is 0 Å². The van der Waals surface area contributed by atoms with E-state index in [-0.39, 0.29) is 12.6 Å². The van der Waals surface area contributed by atoms with Crippen molar-refractivity contribution in [2.75, 3.05) is 24.7 Å². The lowest BCUT2D eigenvalue weighted by Crippen LogP contribution is -2.23. The normalized spacial score (nSPS) is 12.8. The van der Waals surface area contributed by atoms with Crippen LogP contribution in [0.25, 0.3) is 6.08 Å². The number of fused-ring (bicyclic) bond motifs is 1. The van der Waals surface area contributed by atoms with Gasteiger partial charge in [0.05, 0.1) is 19.4 Å². The van der Waals surface area contributed by atoms with Gasteiger partial charge in [-0.3, -0.25) is 0 Å². The maximum Gasteiger partial charge on any atom is 0.222 e. The lowest BCUT2D eigenvalue weighted by molar-refractivity contribution is 0.280. The molecule has 0 bridgehead atoms. The van der Waals surface area contributed by atoms with E-state index in [0.717, 1.165) is 53.3 Å². The van der Waals surface area contributed by atoms with E-state index < -0.39 is 0 Å². The Bertz CT molecular complexity index is 822. The smallest absolute Gasteiger partial charge is 0.222 e. The first-order valence-corrected chi connectivity index (χ1v) is 9.23. The summed E-state index contributed by atoms with van der Waals surface area (Å²) in [6, 6.07) is 5.78. The number of nitrogens with two attached hydrogens (primary N) is 1. The highest BCUT2D eigenvalue weighted by Gasteiger charge is 2.19. The van der Waals surface area contributed by atoms with E-state index in [1.165, 1.54) is 0 Å². The summed E-state index contributed by atoms with van der Waals surface area (Å²) in [5.74, 6) is 1.87. The second kappa shape index (κ2) is 8.73. The summed E-state index contributed by atoms with van der Waals surface area (Å²) in [5, 5.41) is 12.7. The van der Waals surface area contributed by atoms with E-state index in [0.29, 0.717) is 13.1 Å². The van der Waals surface area contributed by atoms with Crippen LogP contribution in [0.1, 0.15) is 42.1 Å². The number of methoxy groups -OCH3 is 1. The summed E-state index contributed by atoms with van der Waals surface area (Å²) in [4.78, 5) is 10.9. The second-order valence-corrected chi connectivity index (χ2v) is 6.60. The maximum atomic E-state index is 9.31. The third kappa shape index (κ3) is 4.49. The number of benzene rings is 1. The second-order valence-electron chi connectivity index (χ2n) is 6.60. The number of hydrogen-bond donors (Lipinski definition) is 3. The Kier molecular flexibility index (Phi) is 6.13. The van der Waals surface area contributed by atoms with Gasteiger partial charge in [0.2, 0.25) is 5.95 Å². The van der Waals surface area contributed by atoms with Crippen LogP contribution in [0, 0.1) is 0 Å². The summed E-state index contributed by atoms with van der Waals surface area (Å²) in [7, 11) is 1.65. The van der Waals surface area contributed by atoms with Crippen molar-refractivity contribution in [2.24, 2.45) is 0 Å². The lowest BCUT2D eigenvalue weighted by atomic mass is 10.1. The van der Waals surface area contributed by atoms with Crippen molar-refractivity contribution in [3.63, 3.8) is 0 Å². The Labute approximate surface area is 159 Å². The molecule has 0 unspecified atom stereocenters. The van der Waals surface area contributed by atoms with Gasteiger partial charge in [0.1, 0.15) is 11.6 Å². The standard InChI is InChI=1S/C20H27N5O2/c1-3-4-8-22-19-16-12-25(9-7-17(16)23-20(21)24-19)11-15-6-5-14(13-26)10-18(15)27-2/h5-7,9-10,26H,3-4,8,11-13H2,1-2H3,(H3,21,22,23,24). The van der Waals surface area contributed by atoms with E-state index in [4.69, 9.17) is 10.5 Å². The van der Waals surface area contributed by atoms with Gasteiger partial charge in [0.25, 0.3) is 0 Å². The van der Waals surface area contributed by atoms with Crippen LogP contribution >= 0.6 is 0 Å². The first-order chi connectivity index (χ1) is 13.1. The summed E-state index contributed by atoms with van der Waals surface area (Å²) in [5.41, 5.74) is 9.66. The van der Waals surface area contributed by atoms with Crippen LogP contribution in [-0.4, -0.2) is 33.6 Å². The SMILES string of the molecule is CCCCNc1nc(N)nc2c1CN(Cc1ccc(CO)cc1OC)C=C2. The molecule has 7 nitrogen and oxygen atoms in total. The average Bonchev–Trinajstić information content (AvgIpc) is 2.68. The lowest BCUT2D eigenvalue weighted by Gasteiger charge is -2.27. The fraction of sp³-hybridized carbons (Fsp3) is 0.400. The molecule has 0 aliphatic carbocycles. The highest BCUT2D eigenvalue weighted by molar-refractivity contribution is 5.62. The molecule has 2 aromatic rings. The quantitative estimate of drug-likeness (QED) is 0.616. The van der Waals surface area contributed by atoms with Crippen LogP contribution < -0.4 is 15.8 Å². The van der Waals surface area contributed by atoms with E-state index in [1.807, 2.05) is 30.5 Å². The van der Waals surface area contributed by atoms with Gasteiger partial charge in [-0.25, -0.2) is 4.98 Å². The molecule has 2 heterocycles. The van der Waals surface area contributed by atoms with Gasteiger partial charge >= 0.3 is 0 Å². The van der Waals surface area contributed by atoms with Crippen LogP contribution in [0.3, 0.4) is 0 Å². The molecule has 4 N–H and O–H groups in total. The van der Waals surface area contributed by atoms with Crippen molar-refractivity contribution in [1.82, 2.24) is 14.9 Å². The summed E-state index contributed by atoms with van der Waals surface area (Å²) in [6.45, 7) is 4.39. The van der Waals surface area contributed by atoms with Gasteiger partial charge in [-0.2, -0.15) is 4.98 Å². The highest BCUT2D eigenvalue weighted by Crippen LogP contribution is 2.28. The Balaban J connectivity index is 1.80. The van der Waals surface area contributed by atoms with Crippen molar-refractivity contribution in [2.45, 2.75) is 39.5 Å². The molecule has 0 atom stereocenters. The number of nitrogens with one attached hydrogen (secondary N) is 1. The average molecular weight is 369 g/mol. The van der Waals surface area contributed by atoms with Gasteiger partial charge in [0.15, 0.2) is 0 Å². The number of aromatic nitrogens is 2. The molecular weight excluding hydrogens is 342 g/mol. The van der Waals surface area contributed by atoms with Gasteiger partial charge in [-0.15, -0.1) is 0 Å². The number of rotatable bonds is 8. The molecule has 0 saturated carbocycles. The van der Waals surface area contributed by atoms with Crippen LogP contribution in [0.4, 0.5) is 11.8 Å². The zero-order chi connectivity index (χ0) is 19.2. The van der Waals surface area contributed by atoms with Gasteiger partial charge < -0.3 is 25.8 Å². The molecule has 1 aliphatic rings. The fourth-order valence-corrected chi connectivity index (χ4v) is 3.12. The van der Waals surface area contributed by atoms with Crippen molar-refractivity contribution in [3.8, 4) is 5.75 Å². The first kappa shape index (κ1) is 19.0. The summed E-state index contributed by atoms with van der Waals surface area (Å²) < 4.78 is 5.49. The van der Waals surface area contributed by atoms with E-state index in [1.54, 1.807) is 7.11 Å².